The van der Waals surface area contributed by atoms with Gasteiger partial charge in [0.05, 0.1) is 12.2 Å². The number of hydrogen-bond donors (Lipinski definition) is 0. The lowest BCUT2D eigenvalue weighted by Gasteiger charge is -2.14. The number of hydrogen-bond acceptors (Lipinski definition) is 5. The SMILES string of the molecule is CCOC(=O)C(Cc1ccccc1)=C(C)OS(=O)(=O)C(F)(F)F. The Morgan fingerprint density at radius 3 is 2.22 bits per heavy atom. The van der Waals surface area contributed by atoms with E-state index in [1.54, 1.807) is 30.3 Å². The molecule has 0 unspecified atom stereocenters. The first-order valence-electron chi connectivity index (χ1n) is 6.50. The van der Waals surface area contributed by atoms with Crippen LogP contribution in [-0.2, 0) is 30.3 Å². The minimum absolute atomic E-state index is 0.0174. The molecule has 23 heavy (non-hydrogen) atoms. The van der Waals surface area contributed by atoms with E-state index in [2.05, 4.69) is 4.18 Å². The van der Waals surface area contributed by atoms with E-state index in [0.29, 0.717) is 5.56 Å². The molecule has 0 spiro atoms. The summed E-state index contributed by atoms with van der Waals surface area (Å²) in [5.41, 5.74) is -5.30. The van der Waals surface area contributed by atoms with E-state index in [1.807, 2.05) is 0 Å². The average Bonchev–Trinajstić information content (AvgIpc) is 2.44. The van der Waals surface area contributed by atoms with Crippen molar-refractivity contribution in [3.8, 4) is 0 Å². The van der Waals surface area contributed by atoms with Gasteiger partial charge in [0.15, 0.2) is 0 Å². The molecule has 128 valence electrons. The molecule has 0 radical (unpaired) electrons. The molecule has 0 amide bonds. The van der Waals surface area contributed by atoms with Gasteiger partial charge in [-0.1, -0.05) is 30.3 Å². The molecule has 5 nitrogen and oxygen atoms in total. The maximum atomic E-state index is 12.4. The number of carbonyl (C=O) groups is 1. The van der Waals surface area contributed by atoms with Crippen LogP contribution < -0.4 is 0 Å². The third kappa shape index (κ3) is 5.27. The predicted octanol–water partition coefficient (Wildman–Crippen LogP) is 2.93. The molecular formula is C14H15F3O5S. The highest BCUT2D eigenvalue weighted by atomic mass is 32.2. The third-order valence-electron chi connectivity index (χ3n) is 2.69. The molecule has 1 rings (SSSR count). The van der Waals surface area contributed by atoms with Crippen LogP contribution in [0.15, 0.2) is 41.7 Å². The minimum Gasteiger partial charge on any atom is -0.463 e. The smallest absolute Gasteiger partial charge is 0.463 e. The van der Waals surface area contributed by atoms with Crippen LogP contribution in [0.5, 0.6) is 0 Å². The van der Waals surface area contributed by atoms with Crippen LogP contribution in [0.4, 0.5) is 13.2 Å². The van der Waals surface area contributed by atoms with Crippen molar-refractivity contribution in [2.24, 2.45) is 0 Å². The van der Waals surface area contributed by atoms with Gasteiger partial charge in [-0.05, 0) is 19.4 Å². The van der Waals surface area contributed by atoms with Crippen molar-refractivity contribution >= 4 is 16.1 Å². The van der Waals surface area contributed by atoms with Crippen LogP contribution in [0.2, 0.25) is 0 Å². The Labute approximate surface area is 131 Å². The lowest BCUT2D eigenvalue weighted by Crippen LogP contribution is -2.26. The van der Waals surface area contributed by atoms with Gasteiger partial charge in [-0.3, -0.25) is 0 Å². The average molecular weight is 352 g/mol. The highest BCUT2D eigenvalue weighted by Crippen LogP contribution is 2.28. The van der Waals surface area contributed by atoms with Gasteiger partial charge in [-0.2, -0.15) is 21.6 Å². The Morgan fingerprint density at radius 2 is 1.74 bits per heavy atom. The molecule has 0 bridgehead atoms. The van der Waals surface area contributed by atoms with E-state index in [4.69, 9.17) is 4.74 Å². The van der Waals surface area contributed by atoms with Crippen molar-refractivity contribution in [2.75, 3.05) is 6.61 Å². The molecule has 0 saturated heterocycles. The molecule has 0 aliphatic heterocycles. The van der Waals surface area contributed by atoms with Crippen LogP contribution in [0.25, 0.3) is 0 Å². The first-order valence-corrected chi connectivity index (χ1v) is 7.91. The van der Waals surface area contributed by atoms with Gasteiger partial charge >= 0.3 is 21.6 Å². The molecule has 0 atom stereocenters. The fourth-order valence-electron chi connectivity index (χ4n) is 1.62. The summed E-state index contributed by atoms with van der Waals surface area (Å²) in [5.74, 6) is -1.61. The van der Waals surface area contributed by atoms with E-state index in [9.17, 15) is 26.4 Å². The number of allylic oxidation sites excluding steroid dienone is 1. The molecule has 0 aromatic heterocycles. The van der Waals surface area contributed by atoms with Crippen molar-refractivity contribution in [2.45, 2.75) is 25.8 Å². The summed E-state index contributed by atoms with van der Waals surface area (Å²) in [5, 5.41) is 0. The third-order valence-corrected chi connectivity index (χ3v) is 3.73. The maximum Gasteiger partial charge on any atom is 0.534 e. The molecule has 0 fully saturated rings. The van der Waals surface area contributed by atoms with Gasteiger partial charge in [0, 0.05) is 6.42 Å². The number of carbonyl (C=O) groups excluding carboxylic acids is 1. The maximum absolute atomic E-state index is 12.4. The Balaban J connectivity index is 3.18. The quantitative estimate of drug-likeness (QED) is 0.259. The second-order valence-corrected chi connectivity index (χ2v) is 5.94. The van der Waals surface area contributed by atoms with E-state index >= 15 is 0 Å². The van der Waals surface area contributed by atoms with Crippen molar-refractivity contribution < 1.29 is 35.3 Å². The van der Waals surface area contributed by atoms with Gasteiger partial charge in [-0.25, -0.2) is 4.79 Å². The summed E-state index contributed by atoms with van der Waals surface area (Å²) >= 11 is 0. The summed E-state index contributed by atoms with van der Waals surface area (Å²) in [6, 6.07) is 8.31. The Kier molecular flexibility index (Phi) is 6.20. The van der Waals surface area contributed by atoms with Crippen LogP contribution in [-0.4, -0.2) is 26.5 Å². The Bertz CT molecular complexity index is 678. The number of esters is 1. The van der Waals surface area contributed by atoms with Gasteiger partial charge < -0.3 is 8.92 Å². The number of halogens is 3. The van der Waals surface area contributed by atoms with E-state index in [1.165, 1.54) is 6.92 Å². The van der Waals surface area contributed by atoms with E-state index in [-0.39, 0.29) is 18.6 Å². The minimum atomic E-state index is -5.85. The summed E-state index contributed by atoms with van der Waals surface area (Å²) in [7, 11) is -5.85. The van der Waals surface area contributed by atoms with Crippen LogP contribution >= 0.6 is 0 Å². The van der Waals surface area contributed by atoms with E-state index < -0.39 is 27.4 Å². The number of benzene rings is 1. The largest absolute Gasteiger partial charge is 0.534 e. The summed E-state index contributed by atoms with van der Waals surface area (Å²) < 4.78 is 68.1. The number of rotatable bonds is 6. The standard InChI is InChI=1S/C14H15F3O5S/c1-3-21-13(18)12(9-11-7-5-4-6-8-11)10(2)22-23(19,20)14(15,16)17/h4-8H,3,9H2,1-2H3. The van der Waals surface area contributed by atoms with Gasteiger partial charge in [-0.15, -0.1) is 0 Å². The molecule has 0 aliphatic rings. The van der Waals surface area contributed by atoms with Gasteiger partial charge in [0.25, 0.3) is 0 Å². The van der Waals surface area contributed by atoms with Crippen molar-refractivity contribution in [1.82, 2.24) is 0 Å². The highest BCUT2D eigenvalue weighted by molar-refractivity contribution is 7.87. The monoisotopic (exact) mass is 352 g/mol. The molecule has 9 heteroatoms. The fraction of sp³-hybridized carbons (Fsp3) is 0.357. The molecule has 0 N–H and O–H groups in total. The zero-order valence-electron chi connectivity index (χ0n) is 12.4. The molecule has 0 aliphatic carbocycles. The van der Waals surface area contributed by atoms with Gasteiger partial charge in [0.2, 0.25) is 0 Å². The number of ether oxygens (including phenoxy) is 1. The highest BCUT2D eigenvalue weighted by Gasteiger charge is 2.48. The zero-order valence-corrected chi connectivity index (χ0v) is 13.2. The molecule has 1 aromatic rings. The lowest BCUT2D eigenvalue weighted by molar-refractivity contribution is -0.138. The Morgan fingerprint density at radius 1 is 1.17 bits per heavy atom. The second-order valence-electron chi connectivity index (χ2n) is 4.40. The summed E-state index contributed by atoms with van der Waals surface area (Å²) in [6.07, 6.45) is -0.126. The van der Waals surface area contributed by atoms with Crippen molar-refractivity contribution in [3.05, 3.63) is 47.2 Å². The van der Waals surface area contributed by atoms with Crippen LogP contribution in [0, 0.1) is 0 Å². The van der Waals surface area contributed by atoms with Crippen molar-refractivity contribution in [1.29, 1.82) is 0 Å². The first kappa shape index (κ1) is 19.0. The normalized spacial score (nSPS) is 13.3. The summed E-state index contributed by atoms with van der Waals surface area (Å²) in [6.45, 7) is 2.47. The fourth-order valence-corrected chi connectivity index (χ4v) is 2.14. The molecule has 0 saturated carbocycles. The zero-order chi connectivity index (χ0) is 17.7. The first-order chi connectivity index (χ1) is 10.6. The lowest BCUT2D eigenvalue weighted by atomic mass is 10.0. The molecular weight excluding hydrogens is 337 g/mol. The van der Waals surface area contributed by atoms with E-state index in [0.717, 1.165) is 6.92 Å². The van der Waals surface area contributed by atoms with Crippen LogP contribution in [0.1, 0.15) is 19.4 Å². The second kappa shape index (κ2) is 7.49. The predicted molar refractivity (Wildman–Crippen MR) is 75.5 cm³/mol. The number of alkyl halides is 3. The topological polar surface area (TPSA) is 69.7 Å². The van der Waals surface area contributed by atoms with Crippen molar-refractivity contribution in [3.63, 3.8) is 0 Å². The Hall–Kier alpha value is -2.03. The van der Waals surface area contributed by atoms with Crippen LogP contribution in [0.3, 0.4) is 0 Å². The molecule has 0 heterocycles. The molecule has 1 aromatic carbocycles. The van der Waals surface area contributed by atoms with Gasteiger partial charge in [0.1, 0.15) is 5.76 Å². The summed E-state index contributed by atoms with van der Waals surface area (Å²) in [4.78, 5) is 11.9.